The number of carboxylic acid groups (broad SMARTS) is 1. The molecule has 1 aliphatic carbocycles. The van der Waals surface area contributed by atoms with Crippen molar-refractivity contribution in [3.63, 3.8) is 0 Å². The maximum absolute atomic E-state index is 12.9. The Morgan fingerprint density at radius 2 is 2.00 bits per heavy atom. The molecule has 0 saturated heterocycles. The van der Waals surface area contributed by atoms with Crippen molar-refractivity contribution in [2.24, 2.45) is 11.3 Å². The summed E-state index contributed by atoms with van der Waals surface area (Å²) in [5.74, 6) is -1.11. The largest absolute Gasteiger partial charge is 0.478 e. The average molecular weight is 301 g/mol. The van der Waals surface area contributed by atoms with Crippen LogP contribution in [-0.2, 0) is 6.18 Å². The lowest BCUT2D eigenvalue weighted by atomic mass is 9.92. The Balaban J connectivity index is 2.20. The first-order valence-electron chi connectivity index (χ1n) is 6.84. The molecule has 3 nitrogen and oxygen atoms in total. The minimum Gasteiger partial charge on any atom is -0.478 e. The van der Waals surface area contributed by atoms with Crippen LogP contribution in [0.25, 0.3) is 0 Å². The standard InChI is InChI=1S/C15H18F3NO2/c1-9(2)14(5-6-14)8-19-10-3-4-11(13(20)21)12(7-10)15(16,17)18/h3-4,7,9,19H,5-6,8H2,1-2H3,(H,20,21). The molecule has 2 rings (SSSR count). The molecule has 0 spiro atoms. The van der Waals surface area contributed by atoms with Gasteiger partial charge in [0.2, 0.25) is 0 Å². The van der Waals surface area contributed by atoms with Crippen molar-refractivity contribution in [3.8, 4) is 0 Å². The van der Waals surface area contributed by atoms with Crippen LogP contribution in [0.1, 0.15) is 42.6 Å². The molecule has 116 valence electrons. The van der Waals surface area contributed by atoms with Crippen molar-refractivity contribution in [2.45, 2.75) is 32.9 Å². The number of anilines is 1. The van der Waals surface area contributed by atoms with Crippen molar-refractivity contribution in [2.75, 3.05) is 11.9 Å². The number of hydrogen-bond acceptors (Lipinski definition) is 2. The number of rotatable bonds is 5. The quantitative estimate of drug-likeness (QED) is 0.854. The van der Waals surface area contributed by atoms with Gasteiger partial charge in [-0.3, -0.25) is 0 Å². The molecular formula is C15H18F3NO2. The van der Waals surface area contributed by atoms with E-state index in [2.05, 4.69) is 19.2 Å². The smallest absolute Gasteiger partial charge is 0.417 e. The maximum Gasteiger partial charge on any atom is 0.417 e. The van der Waals surface area contributed by atoms with E-state index in [4.69, 9.17) is 5.11 Å². The molecule has 1 aromatic rings. The van der Waals surface area contributed by atoms with Crippen molar-refractivity contribution in [1.29, 1.82) is 0 Å². The first-order valence-corrected chi connectivity index (χ1v) is 6.84. The highest BCUT2D eigenvalue weighted by Crippen LogP contribution is 2.51. The average Bonchev–Trinajstić information content (AvgIpc) is 3.16. The van der Waals surface area contributed by atoms with Crippen molar-refractivity contribution < 1.29 is 23.1 Å². The minimum atomic E-state index is -4.68. The number of hydrogen-bond donors (Lipinski definition) is 2. The van der Waals surface area contributed by atoms with Crippen LogP contribution in [0.5, 0.6) is 0 Å². The Morgan fingerprint density at radius 1 is 1.38 bits per heavy atom. The highest BCUT2D eigenvalue weighted by Gasteiger charge is 2.45. The molecule has 21 heavy (non-hydrogen) atoms. The number of halogens is 3. The van der Waals surface area contributed by atoms with Gasteiger partial charge in [0.25, 0.3) is 0 Å². The molecule has 1 aromatic carbocycles. The summed E-state index contributed by atoms with van der Waals surface area (Å²) in [5, 5.41) is 11.9. The predicted molar refractivity (Wildman–Crippen MR) is 73.4 cm³/mol. The Bertz CT molecular complexity index is 548. The van der Waals surface area contributed by atoms with E-state index in [-0.39, 0.29) is 5.41 Å². The van der Waals surface area contributed by atoms with Gasteiger partial charge in [-0.05, 0) is 42.4 Å². The monoisotopic (exact) mass is 301 g/mol. The van der Waals surface area contributed by atoms with Gasteiger partial charge < -0.3 is 10.4 Å². The topological polar surface area (TPSA) is 49.3 Å². The van der Waals surface area contributed by atoms with Gasteiger partial charge in [-0.25, -0.2) is 4.79 Å². The number of carbonyl (C=O) groups is 1. The molecule has 0 bridgehead atoms. The highest BCUT2D eigenvalue weighted by atomic mass is 19.4. The predicted octanol–water partition coefficient (Wildman–Crippen LogP) is 4.25. The molecular weight excluding hydrogens is 283 g/mol. The SMILES string of the molecule is CC(C)C1(CNc2ccc(C(=O)O)c(C(F)(F)F)c2)CC1. The Hall–Kier alpha value is -1.72. The highest BCUT2D eigenvalue weighted by molar-refractivity contribution is 5.90. The molecule has 2 N–H and O–H groups in total. The van der Waals surface area contributed by atoms with E-state index < -0.39 is 23.3 Å². The second kappa shape index (κ2) is 5.24. The zero-order chi connectivity index (χ0) is 15.8. The van der Waals surface area contributed by atoms with Gasteiger partial charge in [-0.15, -0.1) is 0 Å². The molecule has 0 unspecified atom stereocenters. The zero-order valence-electron chi connectivity index (χ0n) is 11.9. The summed E-state index contributed by atoms with van der Waals surface area (Å²) in [4.78, 5) is 10.9. The molecule has 0 atom stereocenters. The lowest BCUT2D eigenvalue weighted by molar-refractivity contribution is -0.138. The van der Waals surface area contributed by atoms with E-state index in [0.717, 1.165) is 25.0 Å². The fraction of sp³-hybridized carbons (Fsp3) is 0.533. The molecule has 0 amide bonds. The molecule has 0 heterocycles. The summed E-state index contributed by atoms with van der Waals surface area (Å²) in [6.07, 6.45) is -2.55. The number of benzene rings is 1. The first kappa shape index (κ1) is 15.7. The number of nitrogens with one attached hydrogen (secondary N) is 1. The van der Waals surface area contributed by atoms with Crippen LogP contribution in [0.2, 0.25) is 0 Å². The van der Waals surface area contributed by atoms with E-state index in [1.54, 1.807) is 0 Å². The van der Waals surface area contributed by atoms with Crippen LogP contribution in [0.3, 0.4) is 0 Å². The van der Waals surface area contributed by atoms with E-state index >= 15 is 0 Å². The van der Waals surface area contributed by atoms with E-state index in [0.29, 0.717) is 18.2 Å². The molecule has 1 aliphatic rings. The summed E-state index contributed by atoms with van der Waals surface area (Å²) in [6.45, 7) is 4.81. The van der Waals surface area contributed by atoms with Gasteiger partial charge in [-0.1, -0.05) is 13.8 Å². The second-order valence-corrected chi connectivity index (χ2v) is 5.93. The van der Waals surface area contributed by atoms with E-state index in [1.807, 2.05) is 0 Å². The van der Waals surface area contributed by atoms with Crippen LogP contribution in [0, 0.1) is 11.3 Å². The van der Waals surface area contributed by atoms with Crippen LogP contribution in [0.15, 0.2) is 18.2 Å². The summed E-state index contributed by atoms with van der Waals surface area (Å²) < 4.78 is 38.7. The number of aromatic carboxylic acids is 1. The van der Waals surface area contributed by atoms with Gasteiger partial charge in [0.15, 0.2) is 0 Å². The van der Waals surface area contributed by atoms with Gasteiger partial charge in [0.1, 0.15) is 0 Å². The lowest BCUT2D eigenvalue weighted by Crippen LogP contribution is -2.21. The minimum absolute atomic E-state index is 0.157. The lowest BCUT2D eigenvalue weighted by Gasteiger charge is -2.21. The normalized spacial score (nSPS) is 16.9. The molecule has 0 radical (unpaired) electrons. The molecule has 6 heteroatoms. The first-order chi connectivity index (χ1) is 9.66. The van der Waals surface area contributed by atoms with Gasteiger partial charge in [0.05, 0.1) is 11.1 Å². The second-order valence-electron chi connectivity index (χ2n) is 5.93. The Kier molecular flexibility index (Phi) is 3.91. The molecule has 0 aliphatic heterocycles. The molecule has 1 fully saturated rings. The Labute approximate surface area is 121 Å². The van der Waals surface area contributed by atoms with Crippen molar-refractivity contribution in [3.05, 3.63) is 29.3 Å². The van der Waals surface area contributed by atoms with E-state index in [1.165, 1.54) is 6.07 Å². The van der Waals surface area contributed by atoms with Crippen molar-refractivity contribution >= 4 is 11.7 Å². The van der Waals surface area contributed by atoms with Gasteiger partial charge in [0, 0.05) is 12.2 Å². The number of carboxylic acids is 1. The Morgan fingerprint density at radius 3 is 2.43 bits per heavy atom. The third-order valence-electron chi connectivity index (χ3n) is 4.32. The summed E-state index contributed by atoms with van der Waals surface area (Å²) in [6, 6.07) is 3.26. The van der Waals surface area contributed by atoms with Crippen LogP contribution < -0.4 is 5.32 Å². The summed E-state index contributed by atoms with van der Waals surface area (Å²) in [5.41, 5.74) is -1.38. The van der Waals surface area contributed by atoms with Gasteiger partial charge in [-0.2, -0.15) is 13.2 Å². The molecule has 0 aromatic heterocycles. The van der Waals surface area contributed by atoms with Crippen LogP contribution in [0.4, 0.5) is 18.9 Å². The maximum atomic E-state index is 12.9. The zero-order valence-corrected chi connectivity index (χ0v) is 11.9. The van der Waals surface area contributed by atoms with Gasteiger partial charge >= 0.3 is 12.1 Å². The molecule has 1 saturated carbocycles. The summed E-state index contributed by atoms with van der Waals surface area (Å²) in [7, 11) is 0. The van der Waals surface area contributed by atoms with Crippen molar-refractivity contribution in [1.82, 2.24) is 0 Å². The fourth-order valence-corrected chi connectivity index (χ4v) is 2.47. The van der Waals surface area contributed by atoms with E-state index in [9.17, 15) is 18.0 Å². The van der Waals surface area contributed by atoms with Crippen LogP contribution in [-0.4, -0.2) is 17.6 Å². The third kappa shape index (κ3) is 3.31. The fourth-order valence-electron chi connectivity index (χ4n) is 2.47. The number of alkyl halides is 3. The third-order valence-corrected chi connectivity index (χ3v) is 4.32. The van der Waals surface area contributed by atoms with Crippen LogP contribution >= 0.6 is 0 Å². The summed E-state index contributed by atoms with van der Waals surface area (Å²) >= 11 is 0.